The quantitative estimate of drug-likeness (QED) is 0.742. The molecule has 1 heterocycles. The van der Waals surface area contributed by atoms with Gasteiger partial charge in [-0.25, -0.2) is 9.78 Å². The highest BCUT2D eigenvalue weighted by atomic mass is 16.5. The molecule has 118 valence electrons. The maximum absolute atomic E-state index is 11.9. The summed E-state index contributed by atoms with van der Waals surface area (Å²) in [5.74, 6) is 0.832. The van der Waals surface area contributed by atoms with Crippen LogP contribution in [0, 0.1) is 5.41 Å². The standard InChI is InChI=1S/C15H25N3O3/c1-4-11-17-12(14(19)21-5-2)13(16)18(11)10-15(6-7-15)8-9-20-3/h4-10,16H2,1-3H3. The summed E-state index contributed by atoms with van der Waals surface area (Å²) < 4.78 is 12.2. The molecule has 1 fully saturated rings. The van der Waals surface area contributed by atoms with Gasteiger partial charge in [-0.15, -0.1) is 0 Å². The molecular weight excluding hydrogens is 270 g/mol. The van der Waals surface area contributed by atoms with Crippen LogP contribution in [0.1, 0.15) is 49.4 Å². The number of carbonyl (C=O) groups is 1. The maximum atomic E-state index is 11.9. The molecule has 0 amide bonds. The highest BCUT2D eigenvalue weighted by Crippen LogP contribution is 2.50. The first-order valence-electron chi connectivity index (χ1n) is 7.58. The lowest BCUT2D eigenvalue weighted by atomic mass is 10.0. The summed E-state index contributed by atoms with van der Waals surface area (Å²) in [5.41, 5.74) is 6.64. The van der Waals surface area contributed by atoms with Gasteiger partial charge in [0.15, 0.2) is 5.69 Å². The van der Waals surface area contributed by atoms with E-state index in [4.69, 9.17) is 15.2 Å². The highest BCUT2D eigenvalue weighted by molar-refractivity contribution is 5.92. The fourth-order valence-electron chi connectivity index (χ4n) is 2.63. The summed E-state index contributed by atoms with van der Waals surface area (Å²) in [6.45, 7) is 5.67. The number of nitrogens with zero attached hydrogens (tertiary/aromatic N) is 2. The predicted octanol–water partition coefficient (Wildman–Crippen LogP) is 2.02. The van der Waals surface area contributed by atoms with E-state index in [9.17, 15) is 4.79 Å². The van der Waals surface area contributed by atoms with Crippen LogP contribution in [-0.4, -0.2) is 35.8 Å². The monoisotopic (exact) mass is 295 g/mol. The Hall–Kier alpha value is -1.56. The van der Waals surface area contributed by atoms with Crippen molar-refractivity contribution in [1.82, 2.24) is 9.55 Å². The number of aromatic nitrogens is 2. The zero-order valence-corrected chi connectivity index (χ0v) is 13.1. The molecule has 0 atom stereocenters. The van der Waals surface area contributed by atoms with Crippen molar-refractivity contribution < 1.29 is 14.3 Å². The zero-order chi connectivity index (χ0) is 15.5. The molecule has 1 aliphatic carbocycles. The number of methoxy groups -OCH3 is 1. The molecule has 21 heavy (non-hydrogen) atoms. The van der Waals surface area contributed by atoms with Crippen LogP contribution < -0.4 is 5.73 Å². The fourth-order valence-corrected chi connectivity index (χ4v) is 2.63. The number of anilines is 1. The van der Waals surface area contributed by atoms with Gasteiger partial charge in [0.25, 0.3) is 0 Å². The Morgan fingerprint density at radius 1 is 1.43 bits per heavy atom. The lowest BCUT2D eigenvalue weighted by Crippen LogP contribution is -2.18. The minimum Gasteiger partial charge on any atom is -0.461 e. The number of esters is 1. The Bertz CT molecular complexity index is 507. The number of nitrogen functional groups attached to an aromatic ring is 1. The number of hydrogen-bond acceptors (Lipinski definition) is 5. The van der Waals surface area contributed by atoms with Gasteiger partial charge in [-0.05, 0) is 31.6 Å². The molecule has 6 heteroatoms. The minimum atomic E-state index is -0.440. The third-order valence-corrected chi connectivity index (χ3v) is 4.16. The Kier molecular flexibility index (Phi) is 4.88. The number of hydrogen-bond donors (Lipinski definition) is 1. The van der Waals surface area contributed by atoms with Crippen LogP contribution in [0.15, 0.2) is 0 Å². The summed E-state index contributed by atoms with van der Waals surface area (Å²) in [5, 5.41) is 0. The van der Waals surface area contributed by atoms with E-state index in [0.29, 0.717) is 12.4 Å². The molecule has 1 aromatic heterocycles. The first-order valence-corrected chi connectivity index (χ1v) is 7.58. The topological polar surface area (TPSA) is 79.4 Å². The van der Waals surface area contributed by atoms with Crippen molar-refractivity contribution in [3.8, 4) is 0 Å². The highest BCUT2D eigenvalue weighted by Gasteiger charge is 2.43. The second-order valence-corrected chi connectivity index (χ2v) is 5.66. The maximum Gasteiger partial charge on any atom is 0.360 e. The first kappa shape index (κ1) is 15.8. The normalized spacial score (nSPS) is 16.0. The Morgan fingerprint density at radius 2 is 2.14 bits per heavy atom. The molecule has 0 aliphatic heterocycles. The smallest absolute Gasteiger partial charge is 0.360 e. The number of imidazole rings is 1. The van der Waals surface area contributed by atoms with Crippen LogP contribution in [0.25, 0.3) is 0 Å². The summed E-state index contributed by atoms with van der Waals surface area (Å²) in [4.78, 5) is 16.3. The molecule has 0 radical (unpaired) electrons. The van der Waals surface area contributed by atoms with E-state index in [0.717, 1.165) is 31.8 Å². The summed E-state index contributed by atoms with van der Waals surface area (Å²) in [6.07, 6.45) is 4.10. The van der Waals surface area contributed by atoms with E-state index in [1.807, 2.05) is 11.5 Å². The van der Waals surface area contributed by atoms with Crippen LogP contribution >= 0.6 is 0 Å². The SMILES string of the molecule is CCOC(=O)c1nc(CC)n(CC2(CCOC)CC2)c1N. The lowest BCUT2D eigenvalue weighted by Gasteiger charge is -2.18. The number of rotatable bonds is 8. The van der Waals surface area contributed by atoms with Gasteiger partial charge in [-0.1, -0.05) is 6.92 Å². The summed E-state index contributed by atoms with van der Waals surface area (Å²) >= 11 is 0. The van der Waals surface area contributed by atoms with Crippen molar-refractivity contribution in [2.45, 2.75) is 46.1 Å². The molecular formula is C15H25N3O3. The molecule has 0 aromatic carbocycles. The molecule has 6 nitrogen and oxygen atoms in total. The summed E-state index contributed by atoms with van der Waals surface area (Å²) in [7, 11) is 1.72. The van der Waals surface area contributed by atoms with Crippen molar-refractivity contribution in [2.75, 3.05) is 26.1 Å². The Morgan fingerprint density at radius 3 is 2.67 bits per heavy atom. The van der Waals surface area contributed by atoms with E-state index in [1.54, 1.807) is 14.0 Å². The van der Waals surface area contributed by atoms with Crippen molar-refractivity contribution in [3.63, 3.8) is 0 Å². The second-order valence-electron chi connectivity index (χ2n) is 5.66. The lowest BCUT2D eigenvalue weighted by molar-refractivity contribution is 0.0521. The third kappa shape index (κ3) is 3.37. The average molecular weight is 295 g/mol. The number of carbonyl (C=O) groups excluding carboxylic acids is 1. The third-order valence-electron chi connectivity index (χ3n) is 4.16. The largest absolute Gasteiger partial charge is 0.461 e. The molecule has 0 saturated heterocycles. The molecule has 1 saturated carbocycles. The number of ether oxygens (including phenoxy) is 2. The van der Waals surface area contributed by atoms with E-state index < -0.39 is 5.97 Å². The van der Waals surface area contributed by atoms with Crippen molar-refractivity contribution >= 4 is 11.8 Å². The first-order chi connectivity index (χ1) is 10.1. The van der Waals surface area contributed by atoms with Crippen LogP contribution in [-0.2, 0) is 22.4 Å². The van der Waals surface area contributed by atoms with Gasteiger partial charge >= 0.3 is 5.97 Å². The van der Waals surface area contributed by atoms with Crippen molar-refractivity contribution in [3.05, 3.63) is 11.5 Å². The van der Waals surface area contributed by atoms with E-state index >= 15 is 0 Å². The number of aryl methyl sites for hydroxylation is 1. The Balaban J connectivity index is 2.20. The summed E-state index contributed by atoms with van der Waals surface area (Å²) in [6, 6.07) is 0. The molecule has 0 bridgehead atoms. The zero-order valence-electron chi connectivity index (χ0n) is 13.1. The van der Waals surface area contributed by atoms with Gasteiger partial charge in [0.1, 0.15) is 11.6 Å². The second kappa shape index (κ2) is 6.47. The van der Waals surface area contributed by atoms with Crippen LogP contribution in [0.2, 0.25) is 0 Å². The van der Waals surface area contributed by atoms with Crippen LogP contribution in [0.4, 0.5) is 5.82 Å². The fraction of sp³-hybridized carbons (Fsp3) is 0.733. The van der Waals surface area contributed by atoms with Gasteiger partial charge < -0.3 is 19.8 Å². The molecule has 1 aromatic rings. The van der Waals surface area contributed by atoms with Crippen molar-refractivity contribution in [1.29, 1.82) is 0 Å². The van der Waals surface area contributed by atoms with E-state index in [1.165, 1.54) is 12.8 Å². The van der Waals surface area contributed by atoms with Gasteiger partial charge in [-0.3, -0.25) is 0 Å². The van der Waals surface area contributed by atoms with Gasteiger partial charge in [-0.2, -0.15) is 0 Å². The number of nitrogens with two attached hydrogens (primary N) is 1. The van der Waals surface area contributed by atoms with Gasteiger partial charge in [0.2, 0.25) is 0 Å². The minimum absolute atomic E-state index is 0.247. The van der Waals surface area contributed by atoms with E-state index in [-0.39, 0.29) is 11.1 Å². The van der Waals surface area contributed by atoms with Crippen LogP contribution in [0.3, 0.4) is 0 Å². The molecule has 0 spiro atoms. The Labute approximate surface area is 125 Å². The molecule has 2 rings (SSSR count). The molecule has 0 unspecified atom stereocenters. The average Bonchev–Trinajstić information content (AvgIpc) is 3.17. The molecule has 2 N–H and O–H groups in total. The predicted molar refractivity (Wildman–Crippen MR) is 80.1 cm³/mol. The van der Waals surface area contributed by atoms with Crippen molar-refractivity contribution in [2.24, 2.45) is 5.41 Å². The van der Waals surface area contributed by atoms with Gasteiger partial charge in [0.05, 0.1) is 6.61 Å². The van der Waals surface area contributed by atoms with E-state index in [2.05, 4.69) is 4.98 Å². The van der Waals surface area contributed by atoms with Crippen LogP contribution in [0.5, 0.6) is 0 Å². The molecule has 1 aliphatic rings. The van der Waals surface area contributed by atoms with Gasteiger partial charge in [0, 0.05) is 26.7 Å².